The first-order valence-corrected chi connectivity index (χ1v) is 6.23. The Kier molecular flexibility index (Phi) is 4.44. The highest BCUT2D eigenvalue weighted by Gasteiger charge is 2.09. The fraction of sp³-hybridized carbons (Fsp3) is 0.133. The lowest BCUT2D eigenvalue weighted by molar-refractivity contribution is -0.384. The van der Waals surface area contributed by atoms with Gasteiger partial charge in [-0.1, -0.05) is 18.2 Å². The molecule has 0 amide bonds. The average molecular weight is 270 g/mol. The molecular weight excluding hydrogens is 256 g/mol. The number of benzene rings is 2. The van der Waals surface area contributed by atoms with Gasteiger partial charge < -0.3 is 5.32 Å². The van der Waals surface area contributed by atoms with Gasteiger partial charge in [0.05, 0.1) is 4.92 Å². The number of para-hydroxylation sites is 1. The van der Waals surface area contributed by atoms with Gasteiger partial charge in [-0.15, -0.1) is 0 Å². The van der Waals surface area contributed by atoms with Crippen molar-refractivity contribution in [2.45, 2.75) is 6.42 Å². The predicted octanol–water partition coefficient (Wildman–Crippen LogP) is 3.28. The van der Waals surface area contributed by atoms with Crippen LogP contribution in [0.4, 0.5) is 11.4 Å². The third-order valence-electron chi connectivity index (χ3n) is 2.86. The van der Waals surface area contributed by atoms with Crippen LogP contribution in [0.5, 0.6) is 0 Å². The van der Waals surface area contributed by atoms with Gasteiger partial charge in [0.25, 0.3) is 5.69 Å². The predicted molar refractivity (Wildman–Crippen MR) is 77.0 cm³/mol. The molecule has 1 N–H and O–H groups in total. The number of nitrogens with one attached hydrogen (secondary N) is 1. The van der Waals surface area contributed by atoms with E-state index in [2.05, 4.69) is 5.32 Å². The molecule has 0 fully saturated rings. The van der Waals surface area contributed by atoms with Gasteiger partial charge in [0.1, 0.15) is 0 Å². The van der Waals surface area contributed by atoms with Crippen LogP contribution in [-0.2, 0) is 0 Å². The van der Waals surface area contributed by atoms with Crippen molar-refractivity contribution in [1.82, 2.24) is 0 Å². The minimum absolute atomic E-state index is 0.0102. The Labute approximate surface area is 116 Å². The molecule has 2 rings (SSSR count). The molecule has 102 valence electrons. The van der Waals surface area contributed by atoms with Gasteiger partial charge in [0.15, 0.2) is 5.78 Å². The number of rotatable bonds is 6. The number of hydrogen-bond donors (Lipinski definition) is 1. The number of nitrogens with zero attached hydrogens (tertiary/aromatic N) is 1. The van der Waals surface area contributed by atoms with Crippen LogP contribution in [0.1, 0.15) is 16.8 Å². The van der Waals surface area contributed by atoms with E-state index < -0.39 is 4.92 Å². The summed E-state index contributed by atoms with van der Waals surface area (Å²) in [5.74, 6) is -0.0386. The zero-order chi connectivity index (χ0) is 14.4. The van der Waals surface area contributed by atoms with Gasteiger partial charge in [0, 0.05) is 36.3 Å². The van der Waals surface area contributed by atoms with Crippen molar-refractivity contribution < 1.29 is 9.72 Å². The normalized spacial score (nSPS) is 10.0. The second-order valence-electron chi connectivity index (χ2n) is 4.27. The molecule has 0 radical (unpaired) electrons. The Morgan fingerprint density at radius 2 is 1.70 bits per heavy atom. The summed E-state index contributed by atoms with van der Waals surface area (Å²) in [6.45, 7) is 0.528. The number of non-ortho nitro benzene ring substituents is 1. The molecule has 20 heavy (non-hydrogen) atoms. The Balaban J connectivity index is 1.87. The minimum Gasteiger partial charge on any atom is -0.385 e. The number of hydrogen-bond acceptors (Lipinski definition) is 4. The maximum Gasteiger partial charge on any atom is 0.269 e. The van der Waals surface area contributed by atoms with Gasteiger partial charge >= 0.3 is 0 Å². The van der Waals surface area contributed by atoms with Crippen molar-refractivity contribution in [2.24, 2.45) is 0 Å². The average Bonchev–Trinajstić information content (AvgIpc) is 2.48. The van der Waals surface area contributed by atoms with Crippen LogP contribution in [0.3, 0.4) is 0 Å². The van der Waals surface area contributed by atoms with Crippen molar-refractivity contribution in [2.75, 3.05) is 11.9 Å². The zero-order valence-electron chi connectivity index (χ0n) is 10.8. The van der Waals surface area contributed by atoms with Crippen molar-refractivity contribution >= 4 is 17.2 Å². The van der Waals surface area contributed by atoms with E-state index in [0.29, 0.717) is 18.5 Å². The molecule has 2 aromatic carbocycles. The third kappa shape index (κ3) is 3.65. The fourth-order valence-corrected chi connectivity index (χ4v) is 1.79. The Morgan fingerprint density at radius 1 is 1.05 bits per heavy atom. The van der Waals surface area contributed by atoms with E-state index in [-0.39, 0.29) is 11.5 Å². The van der Waals surface area contributed by atoms with Crippen LogP contribution in [-0.4, -0.2) is 17.3 Å². The molecule has 2 aromatic rings. The molecule has 0 unspecified atom stereocenters. The van der Waals surface area contributed by atoms with Gasteiger partial charge in [0.2, 0.25) is 0 Å². The van der Waals surface area contributed by atoms with Crippen LogP contribution < -0.4 is 5.32 Å². The molecule has 0 bridgehead atoms. The largest absolute Gasteiger partial charge is 0.385 e. The molecule has 0 aliphatic heterocycles. The number of nitro benzene ring substituents is 1. The molecule has 0 atom stereocenters. The lowest BCUT2D eigenvalue weighted by Crippen LogP contribution is -2.08. The molecule has 5 nitrogen and oxygen atoms in total. The van der Waals surface area contributed by atoms with E-state index in [1.54, 1.807) is 0 Å². The van der Waals surface area contributed by atoms with Crippen LogP contribution in [0.2, 0.25) is 0 Å². The van der Waals surface area contributed by atoms with Crippen molar-refractivity contribution in [3.05, 3.63) is 70.3 Å². The lowest BCUT2D eigenvalue weighted by atomic mass is 10.1. The fourth-order valence-electron chi connectivity index (χ4n) is 1.79. The lowest BCUT2D eigenvalue weighted by Gasteiger charge is -2.05. The number of ketones is 1. The second kappa shape index (κ2) is 6.47. The Hall–Kier alpha value is -2.69. The van der Waals surface area contributed by atoms with E-state index in [9.17, 15) is 14.9 Å². The van der Waals surface area contributed by atoms with Gasteiger partial charge in [-0.05, 0) is 24.3 Å². The molecule has 0 aromatic heterocycles. The highest BCUT2D eigenvalue weighted by molar-refractivity contribution is 5.96. The summed E-state index contributed by atoms with van der Waals surface area (Å²) in [4.78, 5) is 21.9. The maximum atomic E-state index is 11.9. The van der Waals surface area contributed by atoms with Crippen LogP contribution in [0.25, 0.3) is 0 Å². The Bertz CT molecular complexity index is 594. The molecular formula is C15H14N2O3. The molecule has 0 aliphatic rings. The van der Waals surface area contributed by atoms with Crippen molar-refractivity contribution in [3.63, 3.8) is 0 Å². The van der Waals surface area contributed by atoms with E-state index >= 15 is 0 Å². The van der Waals surface area contributed by atoms with Crippen LogP contribution in [0, 0.1) is 10.1 Å². The van der Waals surface area contributed by atoms with Crippen LogP contribution in [0.15, 0.2) is 54.6 Å². The highest BCUT2D eigenvalue weighted by atomic mass is 16.6. The topological polar surface area (TPSA) is 72.2 Å². The molecule has 0 saturated carbocycles. The summed E-state index contributed by atoms with van der Waals surface area (Å²) < 4.78 is 0. The summed E-state index contributed by atoms with van der Waals surface area (Å²) in [5.41, 5.74) is 1.44. The number of carbonyl (C=O) groups is 1. The summed E-state index contributed by atoms with van der Waals surface area (Å²) >= 11 is 0. The quantitative estimate of drug-likeness (QED) is 0.496. The second-order valence-corrected chi connectivity index (χ2v) is 4.27. The molecule has 0 spiro atoms. The summed E-state index contributed by atoms with van der Waals surface area (Å²) in [6, 6.07) is 15.3. The van der Waals surface area contributed by atoms with E-state index in [1.165, 1.54) is 24.3 Å². The standard InChI is InChI=1S/C15H14N2O3/c18-15(10-11-16-13-4-2-1-3-5-13)12-6-8-14(9-7-12)17(19)20/h1-9,16H,10-11H2. The van der Waals surface area contributed by atoms with E-state index in [4.69, 9.17) is 0 Å². The third-order valence-corrected chi connectivity index (χ3v) is 2.86. The molecule has 0 heterocycles. The van der Waals surface area contributed by atoms with Crippen molar-refractivity contribution in [1.29, 1.82) is 0 Å². The Morgan fingerprint density at radius 3 is 2.30 bits per heavy atom. The van der Waals surface area contributed by atoms with E-state index in [1.807, 2.05) is 30.3 Å². The molecule has 0 saturated heterocycles. The monoisotopic (exact) mass is 270 g/mol. The number of Topliss-reactive ketones (excluding diaryl/α,β-unsaturated/α-hetero) is 1. The zero-order valence-corrected chi connectivity index (χ0v) is 10.8. The first-order chi connectivity index (χ1) is 9.66. The van der Waals surface area contributed by atoms with Gasteiger partial charge in [-0.25, -0.2) is 0 Å². The number of nitro groups is 1. The first kappa shape index (κ1) is 13.7. The van der Waals surface area contributed by atoms with Gasteiger partial charge in [-0.2, -0.15) is 0 Å². The van der Waals surface area contributed by atoms with Crippen molar-refractivity contribution in [3.8, 4) is 0 Å². The maximum absolute atomic E-state index is 11.9. The summed E-state index contributed by atoms with van der Waals surface area (Å²) in [7, 11) is 0. The summed E-state index contributed by atoms with van der Waals surface area (Å²) in [5, 5.41) is 13.7. The SMILES string of the molecule is O=C(CCNc1ccccc1)c1ccc([N+](=O)[O-])cc1. The first-order valence-electron chi connectivity index (χ1n) is 6.23. The molecule has 0 aliphatic carbocycles. The smallest absolute Gasteiger partial charge is 0.269 e. The number of anilines is 1. The van der Waals surface area contributed by atoms with E-state index in [0.717, 1.165) is 5.69 Å². The highest BCUT2D eigenvalue weighted by Crippen LogP contribution is 2.13. The van der Waals surface area contributed by atoms with Crippen LogP contribution >= 0.6 is 0 Å². The summed E-state index contributed by atoms with van der Waals surface area (Å²) in [6.07, 6.45) is 0.340. The molecule has 5 heteroatoms. The number of carbonyl (C=O) groups excluding carboxylic acids is 1. The van der Waals surface area contributed by atoms with Gasteiger partial charge in [-0.3, -0.25) is 14.9 Å². The minimum atomic E-state index is -0.481.